The predicted octanol–water partition coefficient (Wildman–Crippen LogP) is 3.61. The molecule has 28 heavy (non-hydrogen) atoms. The van der Waals surface area contributed by atoms with E-state index >= 15 is 0 Å². The Morgan fingerprint density at radius 2 is 1.96 bits per heavy atom. The van der Waals surface area contributed by atoms with Gasteiger partial charge in [-0.1, -0.05) is 29.8 Å². The van der Waals surface area contributed by atoms with Crippen LogP contribution in [0, 0.1) is 18.7 Å². The van der Waals surface area contributed by atoms with Crippen molar-refractivity contribution < 1.29 is 9.13 Å². The van der Waals surface area contributed by atoms with E-state index < -0.39 is 0 Å². The van der Waals surface area contributed by atoms with Crippen LogP contribution < -0.4 is 15.6 Å². The molecular formula is C23H30FN3O. The second kappa shape index (κ2) is 8.60. The second-order valence-corrected chi connectivity index (χ2v) is 8.14. The zero-order chi connectivity index (χ0) is 19.5. The van der Waals surface area contributed by atoms with Crippen molar-refractivity contribution in [2.45, 2.75) is 38.3 Å². The van der Waals surface area contributed by atoms with E-state index in [0.717, 1.165) is 38.0 Å². The molecular weight excluding hydrogens is 353 g/mol. The maximum Gasteiger partial charge on any atom is 0.127 e. The smallest absolute Gasteiger partial charge is 0.127 e. The maximum atomic E-state index is 14.2. The molecule has 5 heteroatoms. The first-order valence-corrected chi connectivity index (χ1v) is 10.2. The summed E-state index contributed by atoms with van der Waals surface area (Å²) in [5.41, 5.74) is 10.4. The predicted molar refractivity (Wildman–Crippen MR) is 110 cm³/mol. The maximum absolute atomic E-state index is 14.2. The number of rotatable bonds is 5. The first kappa shape index (κ1) is 19.4. The Labute approximate surface area is 167 Å². The molecule has 0 aromatic heterocycles. The van der Waals surface area contributed by atoms with Gasteiger partial charge in [-0.25, -0.2) is 4.39 Å². The molecule has 2 unspecified atom stereocenters. The largest absolute Gasteiger partial charge is 0.497 e. The van der Waals surface area contributed by atoms with E-state index in [1.54, 1.807) is 13.2 Å². The van der Waals surface area contributed by atoms with Gasteiger partial charge in [0.1, 0.15) is 11.6 Å². The van der Waals surface area contributed by atoms with Gasteiger partial charge in [0.2, 0.25) is 0 Å². The van der Waals surface area contributed by atoms with Crippen molar-refractivity contribution in [2.24, 2.45) is 5.92 Å². The van der Waals surface area contributed by atoms with Crippen LogP contribution in [-0.2, 0) is 6.54 Å². The molecule has 2 atom stereocenters. The van der Waals surface area contributed by atoms with E-state index in [0.29, 0.717) is 30.2 Å². The van der Waals surface area contributed by atoms with Crippen LogP contribution in [0.1, 0.15) is 35.4 Å². The topological polar surface area (TPSA) is 36.5 Å². The summed E-state index contributed by atoms with van der Waals surface area (Å²) in [5, 5.41) is 0. The van der Waals surface area contributed by atoms with E-state index in [1.807, 2.05) is 6.07 Å². The molecule has 2 aliphatic heterocycles. The van der Waals surface area contributed by atoms with Crippen LogP contribution >= 0.6 is 0 Å². The summed E-state index contributed by atoms with van der Waals surface area (Å²) in [6.45, 7) is 5.78. The highest BCUT2D eigenvalue weighted by Gasteiger charge is 2.36. The zero-order valence-electron chi connectivity index (χ0n) is 16.7. The molecule has 0 saturated carbocycles. The van der Waals surface area contributed by atoms with Gasteiger partial charge in [-0.05, 0) is 62.5 Å². The molecule has 150 valence electrons. The monoisotopic (exact) mass is 383 g/mol. The fourth-order valence-electron chi connectivity index (χ4n) is 4.70. The van der Waals surface area contributed by atoms with Crippen LogP contribution in [0.2, 0.25) is 0 Å². The molecule has 0 bridgehead atoms. The highest BCUT2D eigenvalue weighted by atomic mass is 19.1. The normalized spacial score (nSPS) is 23.8. The SMILES string of the molecule is COc1ccc(F)c(CN2CCC(C3NNCC3c3cccc(C)c3)CC2)c1. The lowest BCUT2D eigenvalue weighted by molar-refractivity contribution is 0.150. The second-order valence-electron chi connectivity index (χ2n) is 8.14. The quantitative estimate of drug-likeness (QED) is 0.827. The molecule has 2 N–H and O–H groups in total. The minimum absolute atomic E-state index is 0.149. The average molecular weight is 384 g/mol. The molecule has 2 heterocycles. The van der Waals surface area contributed by atoms with Crippen LogP contribution in [0.25, 0.3) is 0 Å². The number of nitrogens with zero attached hydrogens (tertiary/aromatic N) is 1. The Balaban J connectivity index is 1.37. The first-order chi connectivity index (χ1) is 13.6. The van der Waals surface area contributed by atoms with Crippen molar-refractivity contribution in [1.82, 2.24) is 15.8 Å². The first-order valence-electron chi connectivity index (χ1n) is 10.2. The summed E-state index contributed by atoms with van der Waals surface area (Å²) in [6.07, 6.45) is 2.26. The van der Waals surface area contributed by atoms with Gasteiger partial charge >= 0.3 is 0 Å². The fourth-order valence-corrected chi connectivity index (χ4v) is 4.70. The lowest BCUT2D eigenvalue weighted by Crippen LogP contribution is -2.44. The Kier molecular flexibility index (Phi) is 5.95. The fraction of sp³-hybridized carbons (Fsp3) is 0.478. The Morgan fingerprint density at radius 1 is 1.14 bits per heavy atom. The minimum atomic E-state index is -0.149. The minimum Gasteiger partial charge on any atom is -0.497 e. The lowest BCUT2D eigenvalue weighted by atomic mass is 9.80. The number of hydrogen-bond donors (Lipinski definition) is 2. The lowest BCUT2D eigenvalue weighted by Gasteiger charge is -2.36. The van der Waals surface area contributed by atoms with Crippen LogP contribution in [0.3, 0.4) is 0 Å². The molecule has 2 saturated heterocycles. The zero-order valence-corrected chi connectivity index (χ0v) is 16.7. The standard InChI is InChI=1S/C23H30FN3O/c1-16-4-3-5-18(12-16)21-14-25-26-23(21)17-8-10-27(11-9-17)15-19-13-20(28-2)6-7-22(19)24/h3-7,12-13,17,21,23,25-26H,8-11,14-15H2,1-2H3. The number of methoxy groups -OCH3 is 1. The number of hydrogen-bond acceptors (Lipinski definition) is 4. The van der Waals surface area contributed by atoms with Gasteiger partial charge in [0, 0.05) is 30.6 Å². The van der Waals surface area contributed by atoms with Gasteiger partial charge in [-0.2, -0.15) is 0 Å². The molecule has 0 amide bonds. The van der Waals surface area contributed by atoms with Crippen LogP contribution in [-0.4, -0.2) is 37.7 Å². The van der Waals surface area contributed by atoms with Gasteiger partial charge < -0.3 is 4.74 Å². The van der Waals surface area contributed by atoms with E-state index in [1.165, 1.54) is 17.2 Å². The summed E-state index contributed by atoms with van der Waals surface area (Å²) in [4.78, 5) is 2.36. The van der Waals surface area contributed by atoms with Gasteiger partial charge in [0.25, 0.3) is 0 Å². The van der Waals surface area contributed by atoms with Crippen molar-refractivity contribution in [3.63, 3.8) is 0 Å². The number of ether oxygens (including phenoxy) is 1. The molecule has 2 aliphatic rings. The molecule has 2 fully saturated rings. The number of likely N-dealkylation sites (tertiary alicyclic amines) is 1. The molecule has 2 aromatic carbocycles. The van der Waals surface area contributed by atoms with Gasteiger partial charge in [-0.15, -0.1) is 0 Å². The molecule has 4 nitrogen and oxygen atoms in total. The Bertz CT molecular complexity index is 804. The van der Waals surface area contributed by atoms with Gasteiger partial charge in [-0.3, -0.25) is 15.8 Å². The third kappa shape index (κ3) is 4.22. The Hall–Kier alpha value is -1.95. The summed E-state index contributed by atoms with van der Waals surface area (Å²) < 4.78 is 19.4. The van der Waals surface area contributed by atoms with Gasteiger partial charge in [0.15, 0.2) is 0 Å². The van der Waals surface area contributed by atoms with Crippen LogP contribution in [0.15, 0.2) is 42.5 Å². The number of aryl methyl sites for hydroxylation is 1. The summed E-state index contributed by atoms with van der Waals surface area (Å²) in [7, 11) is 1.62. The van der Waals surface area contributed by atoms with Crippen molar-refractivity contribution in [1.29, 1.82) is 0 Å². The average Bonchev–Trinajstić information content (AvgIpc) is 3.20. The highest BCUT2D eigenvalue weighted by molar-refractivity contribution is 5.30. The molecule has 0 spiro atoms. The number of hydrazine groups is 1. The summed E-state index contributed by atoms with van der Waals surface area (Å²) in [6, 6.07) is 14.3. The highest BCUT2D eigenvalue weighted by Crippen LogP contribution is 2.33. The van der Waals surface area contributed by atoms with E-state index in [9.17, 15) is 4.39 Å². The van der Waals surface area contributed by atoms with Crippen molar-refractivity contribution >= 4 is 0 Å². The van der Waals surface area contributed by atoms with E-state index in [2.05, 4.69) is 46.9 Å². The number of nitrogens with one attached hydrogen (secondary N) is 2. The molecule has 0 aliphatic carbocycles. The third-order valence-electron chi connectivity index (χ3n) is 6.28. The van der Waals surface area contributed by atoms with E-state index in [4.69, 9.17) is 4.74 Å². The molecule has 4 rings (SSSR count). The van der Waals surface area contributed by atoms with E-state index in [-0.39, 0.29) is 5.82 Å². The van der Waals surface area contributed by atoms with Crippen molar-refractivity contribution in [3.05, 3.63) is 65.0 Å². The Morgan fingerprint density at radius 3 is 2.71 bits per heavy atom. The number of benzene rings is 2. The molecule has 0 radical (unpaired) electrons. The van der Waals surface area contributed by atoms with Crippen molar-refractivity contribution in [2.75, 3.05) is 26.7 Å². The van der Waals surface area contributed by atoms with Crippen LogP contribution in [0.4, 0.5) is 4.39 Å². The number of piperidine rings is 1. The summed E-state index contributed by atoms with van der Waals surface area (Å²) >= 11 is 0. The third-order valence-corrected chi connectivity index (χ3v) is 6.28. The van der Waals surface area contributed by atoms with Crippen LogP contribution in [0.5, 0.6) is 5.75 Å². The molecule has 2 aromatic rings. The van der Waals surface area contributed by atoms with Crippen molar-refractivity contribution in [3.8, 4) is 5.75 Å². The van der Waals surface area contributed by atoms with Gasteiger partial charge in [0.05, 0.1) is 7.11 Å². The summed E-state index contributed by atoms with van der Waals surface area (Å²) in [5.74, 6) is 1.71. The number of halogens is 1.